The van der Waals surface area contributed by atoms with Gasteiger partial charge in [-0.2, -0.15) is 0 Å². The molecule has 0 aliphatic heterocycles. The minimum Gasteiger partial charge on any atom is -0.484 e. The van der Waals surface area contributed by atoms with Crippen molar-refractivity contribution in [2.75, 3.05) is 6.61 Å². The van der Waals surface area contributed by atoms with Gasteiger partial charge in [-0.3, -0.25) is 9.59 Å². The summed E-state index contributed by atoms with van der Waals surface area (Å²) in [5.74, 6) is 0.240. The van der Waals surface area contributed by atoms with Crippen molar-refractivity contribution < 1.29 is 14.3 Å². The summed E-state index contributed by atoms with van der Waals surface area (Å²) in [6.45, 7) is 1.91. The number of carbonyl (C=O) groups excluding carboxylic acids is 2. The third-order valence-corrected chi connectivity index (χ3v) is 6.24. The van der Waals surface area contributed by atoms with E-state index in [1.54, 1.807) is 17.9 Å². The molecule has 1 N–H and O–H groups in total. The summed E-state index contributed by atoms with van der Waals surface area (Å²) in [6, 6.07) is 14.4. The molecule has 0 aromatic heterocycles. The molecule has 7 heteroatoms. The molecule has 0 spiro atoms. The minimum atomic E-state index is -0.614. The van der Waals surface area contributed by atoms with Crippen molar-refractivity contribution in [2.24, 2.45) is 0 Å². The predicted octanol–water partition coefficient (Wildman–Crippen LogP) is 4.80. The maximum atomic E-state index is 13.0. The van der Waals surface area contributed by atoms with Gasteiger partial charge in [0.2, 0.25) is 5.91 Å². The Hall–Kier alpha value is -1.80. The summed E-state index contributed by atoms with van der Waals surface area (Å²) in [6.07, 6.45) is 4.26. The fourth-order valence-corrected chi connectivity index (χ4v) is 4.14. The van der Waals surface area contributed by atoms with E-state index in [2.05, 4.69) is 27.9 Å². The lowest BCUT2D eigenvalue weighted by atomic mass is 10.1. The molecule has 3 rings (SSSR count). The monoisotopic (exact) mass is 540 g/mol. The van der Waals surface area contributed by atoms with E-state index in [1.807, 2.05) is 42.5 Å². The first-order valence-corrected chi connectivity index (χ1v) is 11.6. The average molecular weight is 541 g/mol. The van der Waals surface area contributed by atoms with Crippen molar-refractivity contribution in [3.63, 3.8) is 0 Å². The molecular formula is C23H26ClIN2O3. The van der Waals surface area contributed by atoms with Crippen molar-refractivity contribution in [3.05, 3.63) is 62.7 Å². The van der Waals surface area contributed by atoms with E-state index in [4.69, 9.17) is 16.3 Å². The summed E-state index contributed by atoms with van der Waals surface area (Å²) in [5, 5.41) is 3.69. The number of benzene rings is 2. The van der Waals surface area contributed by atoms with Crippen LogP contribution >= 0.6 is 34.2 Å². The van der Waals surface area contributed by atoms with Crippen molar-refractivity contribution in [1.82, 2.24) is 10.2 Å². The number of hydrogen-bond acceptors (Lipinski definition) is 3. The highest BCUT2D eigenvalue weighted by Gasteiger charge is 2.28. The van der Waals surface area contributed by atoms with E-state index in [-0.39, 0.29) is 31.0 Å². The first kappa shape index (κ1) is 22.9. The molecule has 0 radical (unpaired) electrons. The van der Waals surface area contributed by atoms with Crippen molar-refractivity contribution in [3.8, 4) is 5.75 Å². The molecule has 30 heavy (non-hydrogen) atoms. The number of carbonyl (C=O) groups is 2. The molecule has 1 fully saturated rings. The number of ether oxygens (including phenoxy) is 1. The standard InChI is InChI=1S/C23H26ClIN2O3/c1-16(23(29)26-20-7-2-3-8-20)27(14-17-5-4-6-18(24)13-17)22(28)15-30-21-11-9-19(25)10-12-21/h4-6,9-13,16,20H,2-3,7-8,14-15H2,1H3,(H,26,29). The second-order valence-corrected chi connectivity index (χ2v) is 9.24. The number of halogens is 2. The smallest absolute Gasteiger partial charge is 0.261 e. The van der Waals surface area contributed by atoms with Crippen LogP contribution in [0.4, 0.5) is 0 Å². The van der Waals surface area contributed by atoms with Gasteiger partial charge >= 0.3 is 0 Å². The molecule has 1 unspecified atom stereocenters. The molecule has 1 aliphatic rings. The normalized spacial score (nSPS) is 14.9. The number of nitrogens with one attached hydrogen (secondary N) is 1. The summed E-state index contributed by atoms with van der Waals surface area (Å²) in [5.41, 5.74) is 0.866. The van der Waals surface area contributed by atoms with Gasteiger partial charge in [0, 0.05) is 21.2 Å². The van der Waals surface area contributed by atoms with Gasteiger partial charge in [-0.15, -0.1) is 0 Å². The topological polar surface area (TPSA) is 58.6 Å². The van der Waals surface area contributed by atoms with E-state index >= 15 is 0 Å². The predicted molar refractivity (Wildman–Crippen MR) is 127 cm³/mol. The summed E-state index contributed by atoms with van der Waals surface area (Å²) in [7, 11) is 0. The third-order valence-electron chi connectivity index (χ3n) is 5.29. The van der Waals surface area contributed by atoms with E-state index < -0.39 is 6.04 Å². The summed E-state index contributed by atoms with van der Waals surface area (Å²) in [4.78, 5) is 27.4. The maximum Gasteiger partial charge on any atom is 0.261 e. The summed E-state index contributed by atoms with van der Waals surface area (Å²) < 4.78 is 6.77. The lowest BCUT2D eigenvalue weighted by molar-refractivity contribution is -0.142. The second-order valence-electron chi connectivity index (χ2n) is 7.56. The molecule has 0 heterocycles. The van der Waals surface area contributed by atoms with Gasteiger partial charge < -0.3 is 15.0 Å². The molecule has 160 valence electrons. The Kier molecular flexibility index (Phi) is 8.39. The molecule has 2 amide bonds. The fourth-order valence-electron chi connectivity index (χ4n) is 3.57. The van der Waals surface area contributed by atoms with Gasteiger partial charge in [0.1, 0.15) is 11.8 Å². The Bertz CT molecular complexity index is 869. The molecule has 2 aromatic carbocycles. The highest BCUT2D eigenvalue weighted by molar-refractivity contribution is 14.1. The zero-order valence-corrected chi connectivity index (χ0v) is 19.9. The number of nitrogens with zero attached hydrogens (tertiary/aromatic N) is 1. The quantitative estimate of drug-likeness (QED) is 0.490. The third kappa shape index (κ3) is 6.60. The van der Waals surface area contributed by atoms with Gasteiger partial charge in [0.05, 0.1) is 0 Å². The van der Waals surface area contributed by atoms with Gasteiger partial charge in [-0.05, 0) is 84.3 Å². The Morgan fingerprint density at radius 3 is 2.57 bits per heavy atom. The van der Waals surface area contributed by atoms with Crippen LogP contribution in [0.1, 0.15) is 38.2 Å². The Morgan fingerprint density at radius 2 is 1.90 bits per heavy atom. The summed E-state index contributed by atoms with van der Waals surface area (Å²) >= 11 is 8.32. The maximum absolute atomic E-state index is 13.0. The van der Waals surface area contributed by atoms with Crippen LogP contribution in [0.2, 0.25) is 5.02 Å². The first-order chi connectivity index (χ1) is 14.4. The van der Waals surface area contributed by atoms with Crippen LogP contribution in [-0.4, -0.2) is 35.4 Å². The number of rotatable bonds is 8. The van der Waals surface area contributed by atoms with Gasteiger partial charge in [-0.25, -0.2) is 0 Å². The zero-order chi connectivity index (χ0) is 21.5. The molecule has 1 atom stereocenters. The van der Waals surface area contributed by atoms with E-state index in [0.29, 0.717) is 10.8 Å². The molecule has 1 aliphatic carbocycles. The fraction of sp³-hybridized carbons (Fsp3) is 0.391. The Morgan fingerprint density at radius 1 is 1.20 bits per heavy atom. The molecule has 1 saturated carbocycles. The van der Waals surface area contributed by atoms with E-state index in [9.17, 15) is 9.59 Å². The highest BCUT2D eigenvalue weighted by atomic mass is 127. The van der Waals surface area contributed by atoms with Crippen LogP contribution in [0.3, 0.4) is 0 Å². The molecular weight excluding hydrogens is 515 g/mol. The zero-order valence-electron chi connectivity index (χ0n) is 16.9. The lowest BCUT2D eigenvalue weighted by Gasteiger charge is -2.29. The molecule has 0 saturated heterocycles. The van der Waals surface area contributed by atoms with E-state index in [0.717, 1.165) is 34.8 Å². The largest absolute Gasteiger partial charge is 0.484 e. The van der Waals surface area contributed by atoms with Gasteiger partial charge in [0.15, 0.2) is 6.61 Å². The van der Waals surface area contributed by atoms with Gasteiger partial charge in [0.25, 0.3) is 5.91 Å². The SMILES string of the molecule is CC(C(=O)NC1CCCC1)N(Cc1cccc(Cl)c1)C(=O)COc1ccc(I)cc1. The van der Waals surface area contributed by atoms with Crippen LogP contribution < -0.4 is 10.1 Å². The first-order valence-electron chi connectivity index (χ1n) is 10.1. The molecule has 0 bridgehead atoms. The van der Waals surface area contributed by atoms with Crippen LogP contribution in [0.25, 0.3) is 0 Å². The van der Waals surface area contributed by atoms with Gasteiger partial charge in [-0.1, -0.05) is 36.6 Å². The highest BCUT2D eigenvalue weighted by Crippen LogP contribution is 2.19. The van der Waals surface area contributed by atoms with Crippen LogP contribution in [-0.2, 0) is 16.1 Å². The average Bonchev–Trinajstić information content (AvgIpc) is 3.24. The molecule has 5 nitrogen and oxygen atoms in total. The minimum absolute atomic E-state index is 0.133. The lowest BCUT2D eigenvalue weighted by Crippen LogP contribution is -2.50. The molecule has 2 aromatic rings. The van der Waals surface area contributed by atoms with Crippen LogP contribution in [0.15, 0.2) is 48.5 Å². The van der Waals surface area contributed by atoms with E-state index in [1.165, 1.54) is 0 Å². The van der Waals surface area contributed by atoms with Crippen molar-refractivity contribution >= 4 is 46.0 Å². The Labute approximate surface area is 196 Å². The second kappa shape index (κ2) is 11.0. The van der Waals surface area contributed by atoms with Crippen molar-refractivity contribution in [2.45, 2.75) is 51.2 Å². The van der Waals surface area contributed by atoms with Crippen LogP contribution in [0.5, 0.6) is 5.75 Å². The number of hydrogen-bond donors (Lipinski definition) is 1. The Balaban J connectivity index is 1.70. The van der Waals surface area contributed by atoms with Crippen LogP contribution in [0, 0.1) is 3.57 Å². The number of amides is 2. The van der Waals surface area contributed by atoms with Crippen molar-refractivity contribution in [1.29, 1.82) is 0 Å².